The van der Waals surface area contributed by atoms with Gasteiger partial charge in [0.25, 0.3) is 0 Å². The second-order valence-corrected chi connectivity index (χ2v) is 8.08. The number of phenolic OH excluding ortho intramolecular Hbond substituents is 1. The lowest BCUT2D eigenvalue weighted by Gasteiger charge is -2.50. The van der Waals surface area contributed by atoms with Gasteiger partial charge in [0.15, 0.2) is 0 Å². The smallest absolute Gasteiger partial charge is 0.115 e. The van der Waals surface area contributed by atoms with Crippen LogP contribution < -0.4 is 0 Å². The molecule has 28 heavy (non-hydrogen) atoms. The van der Waals surface area contributed by atoms with Crippen LogP contribution in [0.1, 0.15) is 23.2 Å². The van der Waals surface area contributed by atoms with Crippen LogP contribution in [0.2, 0.25) is 0 Å². The maximum Gasteiger partial charge on any atom is 0.115 e. The van der Waals surface area contributed by atoms with Gasteiger partial charge in [0.2, 0.25) is 0 Å². The Bertz CT molecular complexity index is 993. The third kappa shape index (κ3) is 3.49. The molecule has 0 bridgehead atoms. The molecule has 1 aromatic heterocycles. The molecule has 1 N–H and O–H groups in total. The van der Waals surface area contributed by atoms with Crippen molar-refractivity contribution in [2.45, 2.75) is 24.7 Å². The first-order chi connectivity index (χ1) is 12.6. The zero-order valence-corrected chi connectivity index (χ0v) is 19.4. The minimum atomic E-state index is 0. The lowest BCUT2D eigenvalue weighted by Crippen LogP contribution is -2.53. The van der Waals surface area contributed by atoms with E-state index in [9.17, 15) is 5.11 Å². The Morgan fingerprint density at radius 1 is 1.07 bits per heavy atom. The number of hydrogen-bond donors (Lipinski definition) is 1. The predicted molar refractivity (Wildman–Crippen MR) is 125 cm³/mol. The van der Waals surface area contributed by atoms with E-state index in [0.29, 0.717) is 11.7 Å². The van der Waals surface area contributed by atoms with Crippen molar-refractivity contribution >= 4 is 44.9 Å². The summed E-state index contributed by atoms with van der Waals surface area (Å²) < 4.78 is 0. The van der Waals surface area contributed by atoms with Gasteiger partial charge in [-0.2, -0.15) is 0 Å². The molecule has 2 atom stereocenters. The predicted octanol–water partition coefficient (Wildman–Crippen LogP) is 5.08. The maximum absolute atomic E-state index is 10.1. The van der Waals surface area contributed by atoms with Crippen molar-refractivity contribution < 1.29 is 5.11 Å². The van der Waals surface area contributed by atoms with Crippen LogP contribution in [0.25, 0.3) is 10.9 Å². The summed E-state index contributed by atoms with van der Waals surface area (Å²) in [6.07, 6.45) is 3.15. The van der Waals surface area contributed by atoms with E-state index in [1.54, 1.807) is 6.07 Å². The Kier molecular flexibility index (Phi) is 6.18. The number of hydrogen-bond acceptors (Lipinski definition) is 3. The van der Waals surface area contributed by atoms with Crippen molar-refractivity contribution in [2.24, 2.45) is 5.92 Å². The van der Waals surface area contributed by atoms with E-state index < -0.39 is 0 Å². The fraction of sp³-hybridized carbons (Fsp3) is 0.348. The molecule has 1 unspecified atom stereocenters. The molecule has 1 aliphatic carbocycles. The average molecular weight is 506 g/mol. The van der Waals surface area contributed by atoms with Crippen molar-refractivity contribution in [1.29, 1.82) is 0 Å². The topological polar surface area (TPSA) is 36.4 Å². The number of halogens is 2. The third-order valence-corrected chi connectivity index (χ3v) is 6.52. The van der Waals surface area contributed by atoms with Gasteiger partial charge in [-0.05, 0) is 67.7 Å². The number of rotatable bonds is 1. The number of aromatic nitrogens is 1. The van der Waals surface area contributed by atoms with Crippen molar-refractivity contribution in [3.05, 3.63) is 71.4 Å². The molecule has 3 nitrogen and oxygen atoms in total. The Labute approximate surface area is 187 Å². The van der Waals surface area contributed by atoms with E-state index in [1.807, 2.05) is 12.1 Å². The fourth-order valence-electron chi connectivity index (χ4n) is 5.12. The summed E-state index contributed by atoms with van der Waals surface area (Å²) in [6, 6.07) is 18.7. The summed E-state index contributed by atoms with van der Waals surface area (Å²) in [5, 5.41) is 11.3. The zero-order chi connectivity index (χ0) is 17.7. The van der Waals surface area contributed by atoms with Gasteiger partial charge >= 0.3 is 0 Å². The van der Waals surface area contributed by atoms with Gasteiger partial charge in [-0.1, -0.05) is 30.3 Å². The molecule has 2 heterocycles. The van der Waals surface area contributed by atoms with E-state index in [0.717, 1.165) is 37.9 Å². The van der Waals surface area contributed by atoms with Crippen LogP contribution in [0.4, 0.5) is 0 Å². The van der Waals surface area contributed by atoms with E-state index in [2.05, 4.69) is 48.3 Å². The van der Waals surface area contributed by atoms with E-state index >= 15 is 0 Å². The quantitative estimate of drug-likeness (QED) is 0.500. The van der Waals surface area contributed by atoms with Crippen LogP contribution in [-0.2, 0) is 18.3 Å². The normalized spacial score (nSPS) is 23.8. The Balaban J connectivity index is 0.00000112. The lowest BCUT2D eigenvalue weighted by molar-refractivity contribution is 0.0987. The Morgan fingerprint density at radius 3 is 2.71 bits per heavy atom. The number of piperidine rings is 1. The second-order valence-electron chi connectivity index (χ2n) is 8.08. The number of nitrogens with zero attached hydrogens (tertiary/aromatic N) is 2. The highest BCUT2D eigenvalue weighted by Gasteiger charge is 2.47. The SMILES string of the molecule is Br.Br.CN1CC[C@]2(c3cccc(O)c3)Cc3nc4ccccc4cc3CC2C1. The average Bonchev–Trinajstić information content (AvgIpc) is 2.65. The molecular formula is C23H26Br2N2O. The fourth-order valence-corrected chi connectivity index (χ4v) is 5.12. The molecule has 0 spiro atoms. The summed E-state index contributed by atoms with van der Waals surface area (Å²) in [5.41, 5.74) is 5.08. The highest BCUT2D eigenvalue weighted by Crippen LogP contribution is 2.48. The first-order valence-electron chi connectivity index (χ1n) is 9.50. The first-order valence-corrected chi connectivity index (χ1v) is 9.50. The van der Waals surface area contributed by atoms with Crippen LogP contribution >= 0.6 is 34.0 Å². The zero-order valence-electron chi connectivity index (χ0n) is 16.0. The molecule has 1 saturated heterocycles. The molecule has 148 valence electrons. The van der Waals surface area contributed by atoms with Crippen molar-refractivity contribution in [3.8, 4) is 5.75 Å². The van der Waals surface area contributed by atoms with Gasteiger partial charge in [-0.3, -0.25) is 4.98 Å². The molecule has 3 aromatic rings. The minimum Gasteiger partial charge on any atom is -0.508 e. The van der Waals surface area contributed by atoms with Gasteiger partial charge in [-0.15, -0.1) is 34.0 Å². The molecule has 0 radical (unpaired) electrons. The van der Waals surface area contributed by atoms with Crippen LogP contribution in [-0.4, -0.2) is 35.1 Å². The maximum atomic E-state index is 10.1. The number of fused-ring (bicyclic) bond motifs is 3. The molecule has 5 rings (SSSR count). The van der Waals surface area contributed by atoms with E-state index in [-0.39, 0.29) is 39.4 Å². The Hall–Kier alpha value is -1.43. The number of likely N-dealkylation sites (tertiary alicyclic amines) is 1. The summed E-state index contributed by atoms with van der Waals surface area (Å²) in [7, 11) is 2.22. The molecule has 0 saturated carbocycles. The van der Waals surface area contributed by atoms with Gasteiger partial charge in [0, 0.05) is 29.5 Å². The van der Waals surface area contributed by atoms with Crippen molar-refractivity contribution in [3.63, 3.8) is 0 Å². The summed E-state index contributed by atoms with van der Waals surface area (Å²) in [4.78, 5) is 7.49. The van der Waals surface area contributed by atoms with Crippen LogP contribution in [0.3, 0.4) is 0 Å². The number of para-hydroxylation sites is 1. The lowest BCUT2D eigenvalue weighted by atomic mass is 9.58. The second kappa shape index (κ2) is 8.13. The van der Waals surface area contributed by atoms with Crippen LogP contribution in [0, 0.1) is 5.92 Å². The van der Waals surface area contributed by atoms with Crippen molar-refractivity contribution in [2.75, 3.05) is 20.1 Å². The summed E-state index contributed by atoms with van der Waals surface area (Å²) in [6.45, 7) is 2.19. The largest absolute Gasteiger partial charge is 0.508 e. The number of phenols is 1. The Morgan fingerprint density at radius 2 is 1.89 bits per heavy atom. The number of aromatic hydroxyl groups is 1. The number of benzene rings is 2. The van der Waals surface area contributed by atoms with Gasteiger partial charge in [0.05, 0.1) is 5.52 Å². The highest BCUT2D eigenvalue weighted by atomic mass is 79.9. The van der Waals surface area contributed by atoms with Crippen LogP contribution in [0.5, 0.6) is 5.75 Å². The summed E-state index contributed by atoms with van der Waals surface area (Å²) >= 11 is 0. The van der Waals surface area contributed by atoms with Gasteiger partial charge < -0.3 is 10.0 Å². The van der Waals surface area contributed by atoms with E-state index in [1.165, 1.54) is 22.2 Å². The molecule has 2 aliphatic rings. The molecule has 2 aromatic carbocycles. The molecule has 1 aliphatic heterocycles. The molecular weight excluding hydrogens is 480 g/mol. The van der Waals surface area contributed by atoms with Gasteiger partial charge in [-0.25, -0.2) is 0 Å². The molecule has 1 fully saturated rings. The highest BCUT2D eigenvalue weighted by molar-refractivity contribution is 8.93. The molecule has 0 amide bonds. The van der Waals surface area contributed by atoms with Gasteiger partial charge in [0.1, 0.15) is 5.75 Å². The van der Waals surface area contributed by atoms with E-state index in [4.69, 9.17) is 4.98 Å². The summed E-state index contributed by atoms with van der Waals surface area (Å²) in [5.74, 6) is 0.922. The third-order valence-electron chi connectivity index (χ3n) is 6.52. The molecule has 5 heteroatoms. The van der Waals surface area contributed by atoms with Crippen LogP contribution in [0.15, 0.2) is 54.6 Å². The monoisotopic (exact) mass is 504 g/mol. The first kappa shape index (κ1) is 21.3. The number of pyridine rings is 1. The minimum absolute atomic E-state index is 0. The van der Waals surface area contributed by atoms with Crippen molar-refractivity contribution in [1.82, 2.24) is 9.88 Å². The standard InChI is InChI=1S/C23H24N2O.2BrH/c1-25-10-9-23(18-6-4-7-20(26)13-18)14-22-17(12-19(23)15-25)11-16-5-2-3-8-21(16)24-22;;/h2-8,11,13,19,26H,9-10,12,14-15H2,1H3;2*1H/t19?,23-;;/m1../s1.